The minimum atomic E-state index is -0.0356. The van der Waals surface area contributed by atoms with Crippen LogP contribution in [0.25, 0.3) is 0 Å². The fourth-order valence-electron chi connectivity index (χ4n) is 1.71. The van der Waals surface area contributed by atoms with Crippen LogP contribution in [0.15, 0.2) is 18.2 Å². The normalized spacial score (nSPS) is 14.4. The van der Waals surface area contributed by atoms with Gasteiger partial charge >= 0.3 is 0 Å². The van der Waals surface area contributed by atoms with E-state index in [1.165, 1.54) is 0 Å². The van der Waals surface area contributed by atoms with E-state index < -0.39 is 0 Å². The van der Waals surface area contributed by atoms with Gasteiger partial charge in [0.15, 0.2) is 11.5 Å². The van der Waals surface area contributed by atoms with E-state index in [0.29, 0.717) is 17.4 Å². The van der Waals surface area contributed by atoms with E-state index in [-0.39, 0.29) is 12.0 Å². The Morgan fingerprint density at radius 1 is 1.26 bits per heavy atom. The molecule has 1 saturated carbocycles. The highest BCUT2D eigenvalue weighted by Crippen LogP contribution is 2.35. The Labute approximate surface area is 114 Å². The monoisotopic (exact) mass is 263 g/mol. The number of amides is 1. The van der Waals surface area contributed by atoms with E-state index in [2.05, 4.69) is 0 Å². The van der Waals surface area contributed by atoms with Crippen LogP contribution in [-0.2, 0) is 0 Å². The zero-order chi connectivity index (χ0) is 14.0. The lowest BCUT2D eigenvalue weighted by Crippen LogP contribution is -2.21. The molecule has 0 atom stereocenters. The van der Waals surface area contributed by atoms with E-state index >= 15 is 0 Å². The molecule has 2 rings (SSSR count). The van der Waals surface area contributed by atoms with Crippen molar-refractivity contribution >= 4 is 5.91 Å². The molecular formula is C15H21NO3. The Kier molecular flexibility index (Phi) is 3.98. The van der Waals surface area contributed by atoms with Gasteiger partial charge in [-0.2, -0.15) is 0 Å². The van der Waals surface area contributed by atoms with Crippen molar-refractivity contribution in [2.24, 2.45) is 0 Å². The SMILES string of the molecule is CC(C)Oc1cc(C(=O)N(C)C)ccc1OC1CC1. The fraction of sp³-hybridized carbons (Fsp3) is 0.533. The lowest BCUT2D eigenvalue weighted by Gasteiger charge is -2.17. The molecule has 0 bridgehead atoms. The third-order valence-corrected chi connectivity index (χ3v) is 2.78. The molecule has 104 valence electrons. The van der Waals surface area contributed by atoms with E-state index in [0.717, 1.165) is 18.6 Å². The third-order valence-electron chi connectivity index (χ3n) is 2.78. The summed E-state index contributed by atoms with van der Waals surface area (Å²) in [6.07, 6.45) is 2.55. The first-order chi connectivity index (χ1) is 8.97. The molecule has 0 radical (unpaired) electrons. The van der Waals surface area contributed by atoms with Gasteiger partial charge in [0.1, 0.15) is 0 Å². The number of carbonyl (C=O) groups excluding carboxylic acids is 1. The van der Waals surface area contributed by atoms with Crippen molar-refractivity contribution < 1.29 is 14.3 Å². The maximum Gasteiger partial charge on any atom is 0.253 e. The van der Waals surface area contributed by atoms with E-state index in [1.54, 1.807) is 31.1 Å². The summed E-state index contributed by atoms with van der Waals surface area (Å²) in [5.41, 5.74) is 0.615. The van der Waals surface area contributed by atoms with E-state index in [9.17, 15) is 4.79 Å². The molecule has 1 fully saturated rings. The van der Waals surface area contributed by atoms with Crippen molar-refractivity contribution in [1.82, 2.24) is 4.90 Å². The predicted molar refractivity (Wildman–Crippen MR) is 73.9 cm³/mol. The molecule has 0 heterocycles. The molecule has 0 aromatic heterocycles. The average molecular weight is 263 g/mol. The predicted octanol–water partition coefficient (Wildman–Crippen LogP) is 2.72. The Balaban J connectivity index is 2.26. The van der Waals surface area contributed by atoms with Crippen molar-refractivity contribution in [2.45, 2.75) is 38.9 Å². The van der Waals surface area contributed by atoms with Gasteiger partial charge in [0.2, 0.25) is 0 Å². The van der Waals surface area contributed by atoms with Crippen molar-refractivity contribution in [3.63, 3.8) is 0 Å². The lowest BCUT2D eigenvalue weighted by atomic mass is 10.2. The van der Waals surface area contributed by atoms with Crippen LogP contribution in [0, 0.1) is 0 Å². The second-order valence-corrected chi connectivity index (χ2v) is 5.34. The molecule has 0 spiro atoms. The van der Waals surface area contributed by atoms with Gasteiger partial charge in [-0.15, -0.1) is 0 Å². The number of hydrogen-bond acceptors (Lipinski definition) is 3. The van der Waals surface area contributed by atoms with Gasteiger partial charge < -0.3 is 14.4 Å². The standard InChI is InChI=1S/C15H21NO3/c1-10(2)18-14-9-11(15(17)16(3)4)5-8-13(14)19-12-6-7-12/h5,8-10,12H,6-7H2,1-4H3. The van der Waals surface area contributed by atoms with Crippen LogP contribution in [0.3, 0.4) is 0 Å². The van der Waals surface area contributed by atoms with Gasteiger partial charge in [0, 0.05) is 19.7 Å². The summed E-state index contributed by atoms with van der Waals surface area (Å²) >= 11 is 0. The molecule has 0 saturated heterocycles. The minimum absolute atomic E-state index is 0.0356. The second kappa shape index (κ2) is 5.51. The zero-order valence-corrected chi connectivity index (χ0v) is 12.0. The van der Waals surface area contributed by atoms with Crippen LogP contribution >= 0.6 is 0 Å². The highest BCUT2D eigenvalue weighted by Gasteiger charge is 2.25. The number of carbonyl (C=O) groups is 1. The van der Waals surface area contributed by atoms with Gasteiger partial charge in [0.25, 0.3) is 5.91 Å². The van der Waals surface area contributed by atoms with Gasteiger partial charge in [0.05, 0.1) is 12.2 Å². The molecule has 1 aliphatic carbocycles. The van der Waals surface area contributed by atoms with Gasteiger partial charge in [-0.05, 0) is 44.9 Å². The zero-order valence-electron chi connectivity index (χ0n) is 12.0. The summed E-state index contributed by atoms with van der Waals surface area (Å²) in [6.45, 7) is 3.92. The second-order valence-electron chi connectivity index (χ2n) is 5.34. The van der Waals surface area contributed by atoms with Crippen LogP contribution in [0.5, 0.6) is 11.5 Å². The third kappa shape index (κ3) is 3.63. The number of nitrogens with zero attached hydrogens (tertiary/aromatic N) is 1. The molecule has 4 nitrogen and oxygen atoms in total. The first-order valence-corrected chi connectivity index (χ1v) is 6.66. The number of ether oxygens (including phenoxy) is 2. The lowest BCUT2D eigenvalue weighted by molar-refractivity contribution is 0.0826. The molecule has 1 aliphatic rings. The fourth-order valence-corrected chi connectivity index (χ4v) is 1.71. The Morgan fingerprint density at radius 2 is 1.95 bits per heavy atom. The summed E-state index contributed by atoms with van der Waals surface area (Å²) < 4.78 is 11.6. The van der Waals surface area contributed by atoms with Crippen molar-refractivity contribution in [3.8, 4) is 11.5 Å². The number of rotatable bonds is 5. The van der Waals surface area contributed by atoms with E-state index in [1.807, 2.05) is 19.9 Å². The summed E-state index contributed by atoms with van der Waals surface area (Å²) in [4.78, 5) is 13.5. The molecule has 1 aromatic rings. The molecule has 0 unspecified atom stereocenters. The Bertz CT molecular complexity index is 464. The first kappa shape index (κ1) is 13.7. The van der Waals surface area contributed by atoms with Crippen LogP contribution in [0.4, 0.5) is 0 Å². The van der Waals surface area contributed by atoms with Crippen molar-refractivity contribution in [3.05, 3.63) is 23.8 Å². The topological polar surface area (TPSA) is 38.8 Å². The number of benzene rings is 1. The van der Waals surface area contributed by atoms with Crippen LogP contribution in [0.1, 0.15) is 37.0 Å². The Morgan fingerprint density at radius 3 is 2.47 bits per heavy atom. The van der Waals surface area contributed by atoms with E-state index in [4.69, 9.17) is 9.47 Å². The summed E-state index contributed by atoms with van der Waals surface area (Å²) in [5.74, 6) is 1.34. The minimum Gasteiger partial charge on any atom is -0.487 e. The molecular weight excluding hydrogens is 242 g/mol. The molecule has 0 N–H and O–H groups in total. The van der Waals surface area contributed by atoms with Gasteiger partial charge in [-0.25, -0.2) is 0 Å². The van der Waals surface area contributed by atoms with Gasteiger partial charge in [-0.3, -0.25) is 4.79 Å². The van der Waals surface area contributed by atoms with Crippen LogP contribution in [0.2, 0.25) is 0 Å². The number of hydrogen-bond donors (Lipinski definition) is 0. The quantitative estimate of drug-likeness (QED) is 0.820. The maximum absolute atomic E-state index is 12.0. The average Bonchev–Trinajstić information content (AvgIpc) is 3.13. The molecule has 1 amide bonds. The van der Waals surface area contributed by atoms with Crippen LogP contribution in [-0.4, -0.2) is 37.1 Å². The molecule has 1 aromatic carbocycles. The van der Waals surface area contributed by atoms with Crippen molar-refractivity contribution in [1.29, 1.82) is 0 Å². The highest BCUT2D eigenvalue weighted by molar-refractivity contribution is 5.94. The largest absolute Gasteiger partial charge is 0.487 e. The molecule has 0 aliphatic heterocycles. The smallest absolute Gasteiger partial charge is 0.253 e. The van der Waals surface area contributed by atoms with Crippen molar-refractivity contribution in [2.75, 3.05) is 14.1 Å². The molecule has 19 heavy (non-hydrogen) atoms. The first-order valence-electron chi connectivity index (χ1n) is 6.66. The van der Waals surface area contributed by atoms with Crippen LogP contribution < -0.4 is 9.47 Å². The summed E-state index contributed by atoms with van der Waals surface area (Å²) in [6, 6.07) is 5.38. The summed E-state index contributed by atoms with van der Waals surface area (Å²) in [7, 11) is 3.47. The van der Waals surface area contributed by atoms with Gasteiger partial charge in [-0.1, -0.05) is 0 Å². The molecule has 4 heteroatoms. The highest BCUT2D eigenvalue weighted by atomic mass is 16.5. The maximum atomic E-state index is 12.0. The summed E-state index contributed by atoms with van der Waals surface area (Å²) in [5, 5.41) is 0. The Hall–Kier alpha value is -1.71.